The van der Waals surface area contributed by atoms with Gasteiger partial charge in [-0.1, -0.05) is 30.0 Å². The first-order valence-corrected chi connectivity index (χ1v) is 15.8. The van der Waals surface area contributed by atoms with Gasteiger partial charge in [0.25, 0.3) is 17.5 Å². The van der Waals surface area contributed by atoms with Crippen LogP contribution in [0.3, 0.4) is 0 Å². The number of ether oxygens (including phenoxy) is 3. The second kappa shape index (κ2) is 13.2. The quantitative estimate of drug-likeness (QED) is 0.145. The zero-order valence-electron chi connectivity index (χ0n) is 23.6. The number of aryl methyl sites for hydroxylation is 1. The van der Waals surface area contributed by atoms with Crippen molar-refractivity contribution in [2.75, 3.05) is 25.7 Å². The molecule has 3 aromatic rings. The summed E-state index contributed by atoms with van der Waals surface area (Å²) in [5.41, 5.74) is -0.842. The predicted octanol–water partition coefficient (Wildman–Crippen LogP) is 1.75. The summed E-state index contributed by atoms with van der Waals surface area (Å²) < 4.78 is 17.5. The number of methoxy groups -OCH3 is 2. The Morgan fingerprint density at radius 3 is 2.61 bits per heavy atom. The monoisotopic (exact) mass is 661 g/mol. The lowest BCUT2D eigenvalue weighted by atomic mass is 9.97. The maximum Gasteiger partial charge on any atom is 0.408 e. The predicted molar refractivity (Wildman–Crippen MR) is 159 cm³/mol. The van der Waals surface area contributed by atoms with Gasteiger partial charge in [-0.3, -0.25) is 14.5 Å². The van der Waals surface area contributed by atoms with E-state index in [1.807, 2.05) is 0 Å². The Balaban J connectivity index is 1.30. The standard InChI is InChI=1S/C26H27N7O8S3/c1-32-24(29-30-31-32)44-13-15-12-43-23-26(40-3,22(37)33(23)19(15)21(35)36)28-20(34)18(17-5-4-10-42-17)27-25(38)41-11-14-6-8-16(39-2)9-7-14/h4-10,18,23H,11-13H2,1-3H3,(H,27,38)(H,28,34)(H,35,36)/t18?,23?,26-/m0/s1. The van der Waals surface area contributed by atoms with Gasteiger partial charge in [-0.2, -0.15) is 0 Å². The maximum absolute atomic E-state index is 13.7. The van der Waals surface area contributed by atoms with Crippen LogP contribution >= 0.6 is 34.9 Å². The van der Waals surface area contributed by atoms with Crippen molar-refractivity contribution in [3.05, 3.63) is 63.5 Å². The molecule has 3 amide bonds. The molecule has 2 aromatic heterocycles. The molecule has 15 nitrogen and oxygen atoms in total. The molecular weight excluding hydrogens is 635 g/mol. The third-order valence-corrected chi connectivity index (χ3v) is 10.2. The van der Waals surface area contributed by atoms with Crippen molar-refractivity contribution in [3.63, 3.8) is 0 Å². The molecule has 3 N–H and O–H groups in total. The van der Waals surface area contributed by atoms with Crippen molar-refractivity contribution in [1.82, 2.24) is 35.7 Å². The Morgan fingerprint density at radius 1 is 1.23 bits per heavy atom. The Kier molecular flexibility index (Phi) is 9.42. The molecule has 0 spiro atoms. The topological polar surface area (TPSA) is 187 Å². The van der Waals surface area contributed by atoms with E-state index in [0.717, 1.165) is 4.90 Å². The summed E-state index contributed by atoms with van der Waals surface area (Å²) in [5, 5.41) is 27.8. The number of fused-ring (bicyclic) bond motifs is 1. The first kappa shape index (κ1) is 31.3. The Hall–Kier alpha value is -4.13. The summed E-state index contributed by atoms with van der Waals surface area (Å²) in [7, 11) is 4.46. The van der Waals surface area contributed by atoms with Crippen LogP contribution in [0.25, 0.3) is 0 Å². The number of nitrogens with zero attached hydrogens (tertiary/aromatic N) is 5. The fraction of sp³-hybridized carbons (Fsp3) is 0.346. The van der Waals surface area contributed by atoms with Gasteiger partial charge in [-0.25, -0.2) is 14.3 Å². The van der Waals surface area contributed by atoms with Gasteiger partial charge in [-0.15, -0.1) is 28.2 Å². The number of thiophene rings is 1. The summed E-state index contributed by atoms with van der Waals surface area (Å²) in [5.74, 6) is -1.64. The van der Waals surface area contributed by atoms with Crippen LogP contribution in [0.1, 0.15) is 16.5 Å². The number of thioether (sulfide) groups is 2. The summed E-state index contributed by atoms with van der Waals surface area (Å²) >= 11 is 3.70. The number of hydrogen-bond donors (Lipinski definition) is 3. The molecule has 2 unspecified atom stereocenters. The number of aliphatic carboxylic acids is 1. The van der Waals surface area contributed by atoms with Crippen molar-refractivity contribution in [2.45, 2.75) is 28.9 Å². The van der Waals surface area contributed by atoms with Gasteiger partial charge in [0.05, 0.1) is 7.11 Å². The molecule has 4 heterocycles. The lowest BCUT2D eigenvalue weighted by Crippen LogP contribution is -2.81. The number of amides is 3. The highest BCUT2D eigenvalue weighted by molar-refractivity contribution is 8.01. The van der Waals surface area contributed by atoms with Crippen LogP contribution in [0, 0.1) is 0 Å². The fourth-order valence-corrected chi connectivity index (χ4v) is 7.76. The largest absolute Gasteiger partial charge is 0.497 e. The third kappa shape index (κ3) is 6.10. The molecule has 232 valence electrons. The molecule has 3 atom stereocenters. The molecule has 0 aliphatic carbocycles. The number of nitrogens with one attached hydrogen (secondary N) is 2. The summed E-state index contributed by atoms with van der Waals surface area (Å²) in [6.45, 7) is -0.0547. The van der Waals surface area contributed by atoms with E-state index in [-0.39, 0.29) is 23.8 Å². The van der Waals surface area contributed by atoms with Crippen molar-refractivity contribution < 1.29 is 38.5 Å². The molecule has 1 saturated heterocycles. The molecular formula is C26H27N7O8S3. The molecule has 18 heteroatoms. The molecule has 0 radical (unpaired) electrons. The number of aromatic nitrogens is 4. The number of hydrogen-bond acceptors (Lipinski definition) is 13. The van der Waals surface area contributed by atoms with Crippen LogP contribution < -0.4 is 15.4 Å². The molecule has 2 aliphatic rings. The number of carboxylic acids is 1. The highest BCUT2D eigenvalue weighted by Crippen LogP contribution is 2.47. The minimum atomic E-state index is -1.86. The van der Waals surface area contributed by atoms with Crippen LogP contribution in [0.2, 0.25) is 0 Å². The number of benzene rings is 1. The van der Waals surface area contributed by atoms with E-state index >= 15 is 0 Å². The smallest absolute Gasteiger partial charge is 0.408 e. The minimum Gasteiger partial charge on any atom is -0.497 e. The minimum absolute atomic E-state index is 0.0547. The van der Waals surface area contributed by atoms with Crippen LogP contribution in [-0.4, -0.2) is 90.9 Å². The average Bonchev–Trinajstić information content (AvgIpc) is 3.71. The molecule has 44 heavy (non-hydrogen) atoms. The van der Waals surface area contributed by atoms with Gasteiger partial charge in [0, 0.05) is 30.5 Å². The van der Waals surface area contributed by atoms with Crippen LogP contribution in [0.5, 0.6) is 5.75 Å². The Labute approximate surface area is 263 Å². The van der Waals surface area contributed by atoms with E-state index in [1.165, 1.54) is 46.7 Å². The Morgan fingerprint density at radius 2 is 2.00 bits per heavy atom. The molecule has 5 rings (SSSR count). The normalized spacial score (nSPS) is 19.9. The van der Waals surface area contributed by atoms with Gasteiger partial charge in [-0.05, 0) is 45.1 Å². The van der Waals surface area contributed by atoms with Crippen molar-refractivity contribution >= 4 is 58.7 Å². The van der Waals surface area contributed by atoms with Gasteiger partial charge in [0.2, 0.25) is 5.16 Å². The zero-order chi connectivity index (χ0) is 31.4. The summed E-state index contributed by atoms with van der Waals surface area (Å²) in [6.07, 6.45) is -0.856. The van der Waals surface area contributed by atoms with Crippen LogP contribution in [-0.2, 0) is 37.5 Å². The Bertz CT molecular complexity index is 1580. The van der Waals surface area contributed by atoms with Gasteiger partial charge >= 0.3 is 12.1 Å². The lowest BCUT2D eigenvalue weighted by Gasteiger charge is -2.56. The SMILES string of the molecule is COc1ccc(COC(=O)NC(C(=O)N[C@]2(OC)C(=O)N3C(C(=O)O)=C(CSc4nnnn4C)CSC32)c2cccs2)cc1. The molecule has 1 aromatic carbocycles. The number of β-lactam (4-membered cyclic amide) rings is 1. The van der Waals surface area contributed by atoms with Crippen molar-refractivity contribution in [1.29, 1.82) is 0 Å². The molecule has 0 saturated carbocycles. The van der Waals surface area contributed by atoms with Crippen molar-refractivity contribution in [2.24, 2.45) is 7.05 Å². The number of alkyl carbamates (subject to hydrolysis) is 1. The number of carbonyl (C=O) groups is 4. The second-order valence-corrected chi connectivity index (χ2v) is 12.4. The fourth-order valence-electron chi connectivity index (χ4n) is 4.56. The van der Waals surface area contributed by atoms with Crippen molar-refractivity contribution in [3.8, 4) is 5.75 Å². The highest BCUT2D eigenvalue weighted by atomic mass is 32.2. The first-order chi connectivity index (χ1) is 21.2. The maximum atomic E-state index is 13.7. The molecule has 2 aliphatic heterocycles. The van der Waals surface area contributed by atoms with Crippen LogP contribution in [0.15, 0.2) is 58.2 Å². The number of rotatable bonds is 12. The van der Waals surface area contributed by atoms with E-state index in [0.29, 0.717) is 26.9 Å². The van der Waals surface area contributed by atoms with E-state index in [1.54, 1.807) is 55.9 Å². The second-order valence-electron chi connectivity index (χ2n) is 9.42. The molecule has 0 bridgehead atoms. The number of carbonyl (C=O) groups excluding carboxylic acids is 3. The van der Waals surface area contributed by atoms with E-state index in [4.69, 9.17) is 14.2 Å². The van der Waals surface area contributed by atoms with E-state index in [9.17, 15) is 24.3 Å². The summed E-state index contributed by atoms with van der Waals surface area (Å²) in [4.78, 5) is 53.9. The van der Waals surface area contributed by atoms with Gasteiger partial charge in [0.15, 0.2) is 0 Å². The van der Waals surface area contributed by atoms with Crippen LogP contribution in [0.4, 0.5) is 4.79 Å². The lowest BCUT2D eigenvalue weighted by molar-refractivity contribution is -0.192. The summed E-state index contributed by atoms with van der Waals surface area (Å²) in [6, 6.07) is 9.09. The van der Waals surface area contributed by atoms with E-state index in [2.05, 4.69) is 26.2 Å². The van der Waals surface area contributed by atoms with E-state index < -0.39 is 41.0 Å². The van der Waals surface area contributed by atoms with Gasteiger partial charge < -0.3 is 30.0 Å². The highest BCUT2D eigenvalue weighted by Gasteiger charge is 2.67. The first-order valence-electron chi connectivity index (χ1n) is 12.9. The third-order valence-electron chi connectivity index (χ3n) is 6.78. The average molecular weight is 662 g/mol. The number of tetrazole rings is 1. The molecule has 1 fully saturated rings. The zero-order valence-corrected chi connectivity index (χ0v) is 26.0. The van der Waals surface area contributed by atoms with Gasteiger partial charge in [0.1, 0.15) is 29.5 Å². The number of carboxylic acid groups (broad SMARTS) is 1.